The lowest BCUT2D eigenvalue weighted by atomic mass is 9.95. The van der Waals surface area contributed by atoms with E-state index in [0.717, 1.165) is 38.5 Å². The van der Waals surface area contributed by atoms with E-state index in [1.807, 2.05) is 0 Å². The smallest absolute Gasteiger partial charge is 0.309 e. The first-order valence-electron chi connectivity index (χ1n) is 8.26. The molecule has 2 amide bonds. The van der Waals surface area contributed by atoms with E-state index in [-0.39, 0.29) is 6.04 Å². The predicted molar refractivity (Wildman–Crippen MR) is 81.3 cm³/mol. The van der Waals surface area contributed by atoms with Gasteiger partial charge in [-0.25, -0.2) is 0 Å². The Labute approximate surface area is 123 Å². The molecule has 116 valence electrons. The molecule has 0 saturated heterocycles. The van der Waals surface area contributed by atoms with Crippen LogP contribution >= 0.6 is 0 Å². The molecule has 1 aliphatic rings. The van der Waals surface area contributed by atoms with Crippen molar-refractivity contribution in [3.05, 3.63) is 0 Å². The molecule has 20 heavy (non-hydrogen) atoms. The highest BCUT2D eigenvalue weighted by atomic mass is 16.2. The summed E-state index contributed by atoms with van der Waals surface area (Å²) in [4.78, 5) is 23.6. The van der Waals surface area contributed by atoms with Crippen LogP contribution in [-0.4, -0.2) is 24.4 Å². The molecule has 1 aliphatic carbocycles. The molecule has 0 aliphatic heterocycles. The Morgan fingerprint density at radius 3 is 2.40 bits per heavy atom. The van der Waals surface area contributed by atoms with Crippen molar-refractivity contribution >= 4 is 11.8 Å². The quantitative estimate of drug-likeness (QED) is 0.705. The number of hydrogen-bond acceptors (Lipinski definition) is 2. The van der Waals surface area contributed by atoms with E-state index in [1.54, 1.807) is 0 Å². The predicted octanol–water partition coefficient (Wildman–Crippen LogP) is 2.77. The maximum absolute atomic E-state index is 11.8. The number of amides is 2. The van der Waals surface area contributed by atoms with Gasteiger partial charge in [-0.1, -0.05) is 52.4 Å². The van der Waals surface area contributed by atoms with Crippen LogP contribution in [0.1, 0.15) is 71.6 Å². The average molecular weight is 282 g/mol. The molecule has 1 saturated carbocycles. The first-order chi connectivity index (χ1) is 9.67. The molecule has 0 unspecified atom stereocenters. The van der Waals surface area contributed by atoms with Gasteiger partial charge in [-0.3, -0.25) is 9.59 Å². The number of rotatable bonds is 7. The topological polar surface area (TPSA) is 58.2 Å². The van der Waals surface area contributed by atoms with Crippen molar-refractivity contribution in [3.8, 4) is 0 Å². The van der Waals surface area contributed by atoms with Crippen LogP contribution in [-0.2, 0) is 9.59 Å². The Bertz CT molecular complexity index is 299. The summed E-state index contributed by atoms with van der Waals surface area (Å²) in [5.74, 6) is -0.436. The molecule has 1 rings (SSSR count). The molecule has 1 fully saturated rings. The molecule has 0 bridgehead atoms. The summed E-state index contributed by atoms with van der Waals surface area (Å²) in [5.41, 5.74) is 0. The minimum Gasteiger partial charge on any atom is -0.348 e. The monoisotopic (exact) mass is 282 g/mol. The van der Waals surface area contributed by atoms with Gasteiger partial charge in [-0.05, 0) is 25.2 Å². The minimum atomic E-state index is -0.467. The summed E-state index contributed by atoms with van der Waals surface area (Å²) < 4.78 is 0. The maximum Gasteiger partial charge on any atom is 0.309 e. The second-order valence-corrected chi connectivity index (χ2v) is 5.93. The van der Waals surface area contributed by atoms with E-state index in [4.69, 9.17) is 0 Å². The zero-order valence-corrected chi connectivity index (χ0v) is 13.0. The van der Waals surface area contributed by atoms with Gasteiger partial charge in [-0.2, -0.15) is 0 Å². The molecule has 0 spiro atoms. The highest BCUT2D eigenvalue weighted by molar-refractivity contribution is 6.35. The molecular weight excluding hydrogens is 252 g/mol. The second-order valence-electron chi connectivity index (χ2n) is 5.93. The Morgan fingerprint density at radius 1 is 1.10 bits per heavy atom. The number of nitrogens with one attached hydrogen (secondary N) is 2. The lowest BCUT2D eigenvalue weighted by Gasteiger charge is -2.22. The summed E-state index contributed by atoms with van der Waals surface area (Å²) in [7, 11) is 0. The van der Waals surface area contributed by atoms with Gasteiger partial charge in [0.25, 0.3) is 0 Å². The molecular formula is C16H30N2O2. The van der Waals surface area contributed by atoms with E-state index in [1.165, 1.54) is 19.3 Å². The largest absolute Gasteiger partial charge is 0.348 e. The molecule has 1 atom stereocenters. The average Bonchev–Trinajstić information content (AvgIpc) is 2.48. The second kappa shape index (κ2) is 9.78. The van der Waals surface area contributed by atoms with Crippen LogP contribution in [0.4, 0.5) is 0 Å². The van der Waals surface area contributed by atoms with Gasteiger partial charge >= 0.3 is 11.8 Å². The normalized spacial score (nSPS) is 17.5. The standard InChI is InChI=1S/C16H30N2O2/c1-3-5-9-13(4-2)12-17-15(19)16(20)18-14-10-7-6-8-11-14/h13-14H,3-12H2,1-2H3,(H,17,19)(H,18,20)/t13-/m1/s1. The third-order valence-corrected chi connectivity index (χ3v) is 4.24. The van der Waals surface area contributed by atoms with Crippen molar-refractivity contribution in [1.29, 1.82) is 0 Å². The van der Waals surface area contributed by atoms with E-state index in [9.17, 15) is 9.59 Å². The van der Waals surface area contributed by atoms with E-state index in [0.29, 0.717) is 12.5 Å². The van der Waals surface area contributed by atoms with Crippen LogP contribution in [0.15, 0.2) is 0 Å². The zero-order valence-electron chi connectivity index (χ0n) is 13.0. The van der Waals surface area contributed by atoms with E-state index in [2.05, 4.69) is 24.5 Å². The van der Waals surface area contributed by atoms with Crippen molar-refractivity contribution in [2.24, 2.45) is 5.92 Å². The van der Waals surface area contributed by atoms with Crippen LogP contribution < -0.4 is 10.6 Å². The maximum atomic E-state index is 11.8. The molecule has 0 aromatic heterocycles. The summed E-state index contributed by atoms with van der Waals surface area (Å²) in [5, 5.41) is 5.63. The first kappa shape index (κ1) is 17.0. The summed E-state index contributed by atoms with van der Waals surface area (Å²) in [6.07, 6.45) is 10.1. The van der Waals surface area contributed by atoms with Gasteiger partial charge in [0.2, 0.25) is 0 Å². The summed E-state index contributed by atoms with van der Waals surface area (Å²) in [6, 6.07) is 0.198. The summed E-state index contributed by atoms with van der Waals surface area (Å²) >= 11 is 0. The lowest BCUT2D eigenvalue weighted by Crippen LogP contribution is -2.46. The van der Waals surface area contributed by atoms with E-state index < -0.39 is 11.8 Å². The van der Waals surface area contributed by atoms with Crippen molar-refractivity contribution in [3.63, 3.8) is 0 Å². The third-order valence-electron chi connectivity index (χ3n) is 4.24. The van der Waals surface area contributed by atoms with Gasteiger partial charge in [0.05, 0.1) is 0 Å². The van der Waals surface area contributed by atoms with Crippen LogP contribution in [0.25, 0.3) is 0 Å². The molecule has 0 aromatic carbocycles. The van der Waals surface area contributed by atoms with Crippen LogP contribution in [0.5, 0.6) is 0 Å². The van der Waals surface area contributed by atoms with Crippen LogP contribution in [0.2, 0.25) is 0 Å². The fourth-order valence-electron chi connectivity index (χ4n) is 2.76. The van der Waals surface area contributed by atoms with Crippen molar-refractivity contribution in [1.82, 2.24) is 10.6 Å². The van der Waals surface area contributed by atoms with Crippen molar-refractivity contribution in [2.45, 2.75) is 77.7 Å². The number of unbranched alkanes of at least 4 members (excludes halogenated alkanes) is 1. The third kappa shape index (κ3) is 6.40. The molecule has 0 heterocycles. The fraction of sp³-hybridized carbons (Fsp3) is 0.875. The van der Waals surface area contributed by atoms with Crippen LogP contribution in [0.3, 0.4) is 0 Å². The van der Waals surface area contributed by atoms with Gasteiger partial charge < -0.3 is 10.6 Å². The molecule has 0 radical (unpaired) electrons. The first-order valence-corrected chi connectivity index (χ1v) is 8.26. The summed E-state index contributed by atoms with van der Waals surface area (Å²) in [6.45, 7) is 4.92. The Morgan fingerprint density at radius 2 is 1.80 bits per heavy atom. The SMILES string of the molecule is CCCC[C@@H](CC)CNC(=O)C(=O)NC1CCCCC1. The van der Waals surface area contributed by atoms with Crippen LogP contribution in [0, 0.1) is 5.92 Å². The zero-order chi connectivity index (χ0) is 14.8. The molecule has 4 heteroatoms. The fourth-order valence-corrected chi connectivity index (χ4v) is 2.76. The van der Waals surface area contributed by atoms with Crippen molar-refractivity contribution in [2.75, 3.05) is 6.54 Å². The Kier molecular flexibility index (Phi) is 8.31. The number of carbonyl (C=O) groups excluding carboxylic acids is 2. The lowest BCUT2D eigenvalue weighted by molar-refractivity contribution is -0.139. The van der Waals surface area contributed by atoms with Gasteiger partial charge in [0.1, 0.15) is 0 Å². The minimum absolute atomic E-state index is 0.198. The highest BCUT2D eigenvalue weighted by Gasteiger charge is 2.20. The van der Waals surface area contributed by atoms with E-state index >= 15 is 0 Å². The molecule has 4 nitrogen and oxygen atoms in total. The highest BCUT2D eigenvalue weighted by Crippen LogP contribution is 2.17. The molecule has 0 aromatic rings. The number of carbonyl (C=O) groups is 2. The van der Waals surface area contributed by atoms with Gasteiger partial charge in [-0.15, -0.1) is 0 Å². The van der Waals surface area contributed by atoms with Gasteiger partial charge in [0, 0.05) is 12.6 Å². The van der Waals surface area contributed by atoms with Crippen molar-refractivity contribution < 1.29 is 9.59 Å². The van der Waals surface area contributed by atoms with Gasteiger partial charge in [0.15, 0.2) is 0 Å². The molecule has 2 N–H and O–H groups in total. The number of hydrogen-bond donors (Lipinski definition) is 2. The Balaban J connectivity index is 2.24. The Hall–Kier alpha value is -1.06.